The zero-order valence-electron chi connectivity index (χ0n) is 12.6. The predicted octanol–water partition coefficient (Wildman–Crippen LogP) is 4.58. The number of thiophene rings is 1. The van der Waals surface area contributed by atoms with E-state index in [1.807, 2.05) is 18.2 Å². The Kier molecular flexibility index (Phi) is 4.18. The Morgan fingerprint density at radius 2 is 2.09 bits per heavy atom. The molecule has 0 aliphatic rings. The molecule has 0 unspecified atom stereocenters. The van der Waals surface area contributed by atoms with Crippen LogP contribution < -0.4 is 10.1 Å². The predicted molar refractivity (Wildman–Crippen MR) is 92.2 cm³/mol. The molecule has 0 aliphatic heterocycles. The average Bonchev–Trinajstić information content (AvgIpc) is 2.81. The molecule has 1 aromatic carbocycles. The Balaban J connectivity index is 1.86. The molecule has 2 heterocycles. The second-order valence-corrected chi connectivity index (χ2v) is 6.62. The molecule has 3 rings (SSSR count). The maximum absolute atomic E-state index is 6.16. The first kappa shape index (κ1) is 15.1. The van der Waals surface area contributed by atoms with Crippen molar-refractivity contribution in [2.45, 2.75) is 20.4 Å². The van der Waals surface area contributed by atoms with Crippen molar-refractivity contribution < 1.29 is 4.74 Å². The molecule has 1 N–H and O–H groups in total. The van der Waals surface area contributed by atoms with E-state index in [2.05, 4.69) is 29.1 Å². The number of benzene rings is 1. The molecule has 0 aliphatic carbocycles. The summed E-state index contributed by atoms with van der Waals surface area (Å²) >= 11 is 7.85. The number of aryl methyl sites for hydroxylation is 2. The van der Waals surface area contributed by atoms with Crippen molar-refractivity contribution in [2.75, 3.05) is 12.4 Å². The second-order valence-electron chi connectivity index (χ2n) is 5.01. The number of hydrogen-bond donors (Lipinski definition) is 1. The molecule has 0 saturated carbocycles. The van der Waals surface area contributed by atoms with Crippen LogP contribution in [0.15, 0.2) is 24.5 Å². The van der Waals surface area contributed by atoms with E-state index >= 15 is 0 Å². The number of rotatable bonds is 4. The zero-order chi connectivity index (χ0) is 15.7. The summed E-state index contributed by atoms with van der Waals surface area (Å²) in [5, 5.41) is 5.09. The van der Waals surface area contributed by atoms with Crippen molar-refractivity contribution in [3.63, 3.8) is 0 Å². The molecule has 0 radical (unpaired) electrons. The molecular weight excluding hydrogens is 318 g/mol. The first-order chi connectivity index (χ1) is 10.6. The summed E-state index contributed by atoms with van der Waals surface area (Å²) < 4.78 is 5.17. The van der Waals surface area contributed by atoms with Crippen LogP contribution >= 0.6 is 22.9 Å². The molecule has 0 atom stereocenters. The molecule has 0 amide bonds. The summed E-state index contributed by atoms with van der Waals surface area (Å²) in [6, 6.07) is 5.76. The third kappa shape index (κ3) is 2.74. The molecule has 114 valence electrons. The monoisotopic (exact) mass is 333 g/mol. The lowest BCUT2D eigenvalue weighted by atomic mass is 10.2. The quantitative estimate of drug-likeness (QED) is 0.759. The smallest absolute Gasteiger partial charge is 0.138 e. The second kappa shape index (κ2) is 6.10. The number of nitrogens with one attached hydrogen (secondary N) is 1. The van der Waals surface area contributed by atoms with Gasteiger partial charge in [-0.15, -0.1) is 11.3 Å². The number of aromatic nitrogens is 2. The number of halogens is 1. The third-order valence-electron chi connectivity index (χ3n) is 3.64. The largest absolute Gasteiger partial charge is 0.495 e. The highest BCUT2D eigenvalue weighted by Gasteiger charge is 2.11. The topological polar surface area (TPSA) is 47.0 Å². The molecular formula is C16H16ClN3OS. The van der Waals surface area contributed by atoms with Gasteiger partial charge in [-0.3, -0.25) is 0 Å². The molecule has 4 nitrogen and oxygen atoms in total. The maximum Gasteiger partial charge on any atom is 0.138 e. The summed E-state index contributed by atoms with van der Waals surface area (Å²) in [7, 11) is 1.61. The Labute approximate surface area is 138 Å². The Hall–Kier alpha value is -1.85. The highest BCUT2D eigenvalue weighted by Crippen LogP contribution is 2.33. The van der Waals surface area contributed by atoms with E-state index < -0.39 is 0 Å². The van der Waals surface area contributed by atoms with E-state index in [-0.39, 0.29) is 0 Å². The molecule has 22 heavy (non-hydrogen) atoms. The Morgan fingerprint density at radius 3 is 2.82 bits per heavy atom. The first-order valence-electron chi connectivity index (χ1n) is 6.87. The van der Waals surface area contributed by atoms with Crippen molar-refractivity contribution in [3.05, 3.63) is 45.6 Å². The zero-order valence-corrected chi connectivity index (χ0v) is 14.2. The lowest BCUT2D eigenvalue weighted by molar-refractivity contribution is 0.415. The van der Waals surface area contributed by atoms with Gasteiger partial charge >= 0.3 is 0 Å². The van der Waals surface area contributed by atoms with E-state index in [1.165, 1.54) is 10.4 Å². The van der Waals surface area contributed by atoms with Crippen LogP contribution in [0.2, 0.25) is 5.02 Å². The Morgan fingerprint density at radius 1 is 1.27 bits per heavy atom. The Bertz CT molecular complexity index is 832. The third-order valence-corrected chi connectivity index (χ3v) is 5.05. The van der Waals surface area contributed by atoms with Gasteiger partial charge < -0.3 is 10.1 Å². The van der Waals surface area contributed by atoms with Crippen LogP contribution in [0.1, 0.15) is 16.0 Å². The number of fused-ring (bicyclic) bond motifs is 1. The van der Waals surface area contributed by atoms with Crippen LogP contribution in [-0.2, 0) is 6.54 Å². The van der Waals surface area contributed by atoms with Crippen molar-refractivity contribution in [2.24, 2.45) is 0 Å². The fourth-order valence-electron chi connectivity index (χ4n) is 2.32. The fourth-order valence-corrected chi connectivity index (χ4v) is 3.60. The molecule has 6 heteroatoms. The summed E-state index contributed by atoms with van der Waals surface area (Å²) in [6.45, 7) is 4.85. The van der Waals surface area contributed by atoms with E-state index in [0.29, 0.717) is 17.3 Å². The van der Waals surface area contributed by atoms with E-state index in [9.17, 15) is 0 Å². The van der Waals surface area contributed by atoms with Crippen LogP contribution in [0.4, 0.5) is 5.82 Å². The van der Waals surface area contributed by atoms with Crippen molar-refractivity contribution in [1.82, 2.24) is 9.97 Å². The van der Waals surface area contributed by atoms with Gasteiger partial charge in [0, 0.05) is 11.4 Å². The number of hydrogen-bond acceptors (Lipinski definition) is 5. The normalized spacial score (nSPS) is 10.9. The molecule has 3 aromatic rings. The molecule has 0 fully saturated rings. The van der Waals surface area contributed by atoms with Crippen molar-refractivity contribution in [3.8, 4) is 5.75 Å². The standard InChI is InChI=1S/C16H16ClN3OS/c1-9-10(2)22-16-14(9)15(19-8-20-16)18-7-11-4-5-13(21-3)12(17)6-11/h4-6,8H,7H2,1-3H3,(H,18,19,20). The maximum atomic E-state index is 6.16. The van der Waals surface area contributed by atoms with Gasteiger partial charge in [0.15, 0.2) is 0 Å². The highest BCUT2D eigenvalue weighted by atomic mass is 35.5. The van der Waals surface area contributed by atoms with Gasteiger partial charge in [0.05, 0.1) is 17.5 Å². The first-order valence-corrected chi connectivity index (χ1v) is 8.06. The van der Waals surface area contributed by atoms with Gasteiger partial charge in [0.2, 0.25) is 0 Å². The minimum Gasteiger partial charge on any atom is -0.495 e. The van der Waals surface area contributed by atoms with E-state index in [1.54, 1.807) is 24.8 Å². The van der Waals surface area contributed by atoms with Crippen LogP contribution in [0.25, 0.3) is 10.2 Å². The summed E-state index contributed by atoms with van der Waals surface area (Å²) in [4.78, 5) is 11.0. The molecule has 0 saturated heterocycles. The van der Waals surface area contributed by atoms with Crippen molar-refractivity contribution >= 4 is 39.0 Å². The lowest BCUT2D eigenvalue weighted by Gasteiger charge is -2.09. The van der Waals surface area contributed by atoms with Gasteiger partial charge in [-0.1, -0.05) is 17.7 Å². The van der Waals surface area contributed by atoms with Crippen LogP contribution in [0.5, 0.6) is 5.75 Å². The minimum absolute atomic E-state index is 0.609. The summed E-state index contributed by atoms with van der Waals surface area (Å²) in [5.74, 6) is 1.54. The van der Waals surface area contributed by atoms with E-state index in [4.69, 9.17) is 16.3 Å². The van der Waals surface area contributed by atoms with Gasteiger partial charge in [0.25, 0.3) is 0 Å². The van der Waals surface area contributed by atoms with Gasteiger partial charge in [0.1, 0.15) is 22.7 Å². The number of anilines is 1. The minimum atomic E-state index is 0.609. The molecule has 0 spiro atoms. The summed E-state index contributed by atoms with van der Waals surface area (Å²) in [6.07, 6.45) is 1.60. The van der Waals surface area contributed by atoms with Gasteiger partial charge in [-0.05, 0) is 37.1 Å². The van der Waals surface area contributed by atoms with Crippen molar-refractivity contribution in [1.29, 1.82) is 0 Å². The number of nitrogens with zero attached hydrogens (tertiary/aromatic N) is 2. The number of ether oxygens (including phenoxy) is 1. The van der Waals surface area contributed by atoms with Gasteiger partial charge in [-0.25, -0.2) is 9.97 Å². The average molecular weight is 334 g/mol. The van der Waals surface area contributed by atoms with Crippen LogP contribution in [-0.4, -0.2) is 17.1 Å². The molecule has 2 aromatic heterocycles. The van der Waals surface area contributed by atoms with Crippen LogP contribution in [0, 0.1) is 13.8 Å². The SMILES string of the molecule is COc1ccc(CNc2ncnc3sc(C)c(C)c23)cc1Cl. The fraction of sp³-hybridized carbons (Fsp3) is 0.250. The molecule has 0 bridgehead atoms. The highest BCUT2D eigenvalue weighted by molar-refractivity contribution is 7.18. The van der Waals surface area contributed by atoms with Crippen LogP contribution in [0.3, 0.4) is 0 Å². The van der Waals surface area contributed by atoms with E-state index in [0.717, 1.165) is 21.6 Å². The summed E-state index contributed by atoms with van der Waals surface area (Å²) in [5.41, 5.74) is 2.30. The lowest BCUT2D eigenvalue weighted by Crippen LogP contribution is -2.02. The number of methoxy groups -OCH3 is 1. The van der Waals surface area contributed by atoms with Gasteiger partial charge in [-0.2, -0.15) is 0 Å².